The lowest BCUT2D eigenvalue weighted by molar-refractivity contribution is 0.159. The van der Waals surface area contributed by atoms with E-state index in [4.69, 9.17) is 5.73 Å². The molecule has 4 heteroatoms. The van der Waals surface area contributed by atoms with Gasteiger partial charge < -0.3 is 11.1 Å². The Morgan fingerprint density at radius 2 is 2.22 bits per heavy atom. The second-order valence-electron chi connectivity index (χ2n) is 5.85. The number of rotatable bonds is 5. The van der Waals surface area contributed by atoms with Gasteiger partial charge in [-0.1, -0.05) is 19.8 Å². The van der Waals surface area contributed by atoms with Gasteiger partial charge in [0.1, 0.15) is 0 Å². The van der Waals surface area contributed by atoms with Crippen molar-refractivity contribution in [3.63, 3.8) is 0 Å². The molecule has 1 heterocycles. The first-order valence-electron chi connectivity index (χ1n) is 6.95. The molecule has 1 aromatic heterocycles. The predicted octanol–water partition coefficient (Wildman–Crippen LogP) is 2.70. The third kappa shape index (κ3) is 3.53. The summed E-state index contributed by atoms with van der Waals surface area (Å²) >= 11 is 1.72. The maximum absolute atomic E-state index is 6.01. The highest BCUT2D eigenvalue weighted by Gasteiger charge is 2.32. The average Bonchev–Trinajstić information content (AvgIpc) is 2.78. The van der Waals surface area contributed by atoms with Crippen molar-refractivity contribution in [3.05, 3.63) is 16.1 Å². The Hall–Kier alpha value is -0.450. The van der Waals surface area contributed by atoms with Gasteiger partial charge in [0.05, 0.1) is 10.7 Å². The van der Waals surface area contributed by atoms with Gasteiger partial charge in [-0.15, -0.1) is 11.3 Å². The number of aromatic nitrogens is 1. The van der Waals surface area contributed by atoms with Crippen LogP contribution in [0, 0.1) is 18.3 Å². The Kier molecular flexibility index (Phi) is 4.76. The molecule has 0 radical (unpaired) electrons. The van der Waals surface area contributed by atoms with Crippen LogP contribution in [-0.2, 0) is 6.54 Å². The monoisotopic (exact) mass is 267 g/mol. The zero-order valence-electron chi connectivity index (χ0n) is 11.5. The van der Waals surface area contributed by atoms with Gasteiger partial charge in [-0.25, -0.2) is 4.98 Å². The van der Waals surface area contributed by atoms with Gasteiger partial charge in [0.2, 0.25) is 0 Å². The summed E-state index contributed by atoms with van der Waals surface area (Å²) in [7, 11) is 0. The molecule has 0 unspecified atom stereocenters. The fraction of sp³-hybridized carbons (Fsp3) is 0.786. The Balaban J connectivity index is 1.80. The second kappa shape index (κ2) is 6.13. The van der Waals surface area contributed by atoms with E-state index in [1.54, 1.807) is 11.3 Å². The SMILES string of the molecule is Cc1nc(CNCC2(CN)CCC(C)CC2)cs1. The van der Waals surface area contributed by atoms with Crippen molar-refractivity contribution in [2.45, 2.75) is 46.1 Å². The van der Waals surface area contributed by atoms with Crippen LogP contribution in [0.25, 0.3) is 0 Å². The molecule has 0 saturated heterocycles. The van der Waals surface area contributed by atoms with E-state index >= 15 is 0 Å². The fourth-order valence-electron chi connectivity index (χ4n) is 2.77. The largest absolute Gasteiger partial charge is 0.330 e. The van der Waals surface area contributed by atoms with Crippen LogP contribution in [0.3, 0.4) is 0 Å². The number of hydrogen-bond acceptors (Lipinski definition) is 4. The van der Waals surface area contributed by atoms with Gasteiger partial charge in [-0.05, 0) is 37.6 Å². The quantitative estimate of drug-likeness (QED) is 0.862. The zero-order valence-corrected chi connectivity index (χ0v) is 12.4. The smallest absolute Gasteiger partial charge is 0.0897 e. The summed E-state index contributed by atoms with van der Waals surface area (Å²) in [5, 5.41) is 6.84. The van der Waals surface area contributed by atoms with E-state index in [9.17, 15) is 0 Å². The lowest BCUT2D eigenvalue weighted by Crippen LogP contribution is -2.42. The molecule has 0 amide bonds. The fourth-order valence-corrected chi connectivity index (χ4v) is 3.39. The molecule has 0 atom stereocenters. The third-order valence-electron chi connectivity index (χ3n) is 4.24. The molecule has 1 aliphatic rings. The van der Waals surface area contributed by atoms with Crippen LogP contribution >= 0.6 is 11.3 Å². The van der Waals surface area contributed by atoms with Crippen LogP contribution in [0.1, 0.15) is 43.3 Å². The van der Waals surface area contributed by atoms with Crippen LogP contribution in [0.15, 0.2) is 5.38 Å². The molecule has 1 aromatic rings. The van der Waals surface area contributed by atoms with Crippen LogP contribution in [0.2, 0.25) is 0 Å². The average molecular weight is 267 g/mol. The van der Waals surface area contributed by atoms with Crippen molar-refractivity contribution < 1.29 is 0 Å². The molecule has 1 aliphatic carbocycles. The normalized spacial score (nSPS) is 28.5. The summed E-state index contributed by atoms with van der Waals surface area (Å²) in [6.45, 7) is 7.13. The van der Waals surface area contributed by atoms with E-state index in [-0.39, 0.29) is 0 Å². The molecule has 18 heavy (non-hydrogen) atoms. The number of thiazole rings is 1. The van der Waals surface area contributed by atoms with Gasteiger partial charge in [0, 0.05) is 18.5 Å². The topological polar surface area (TPSA) is 50.9 Å². The lowest BCUT2D eigenvalue weighted by atomic mass is 9.71. The van der Waals surface area contributed by atoms with Crippen LogP contribution in [0.4, 0.5) is 0 Å². The summed E-state index contributed by atoms with van der Waals surface area (Å²) in [5.74, 6) is 0.880. The molecular formula is C14H25N3S. The molecule has 102 valence electrons. The summed E-state index contributed by atoms with van der Waals surface area (Å²) in [6, 6.07) is 0. The van der Waals surface area contributed by atoms with E-state index in [0.717, 1.165) is 36.3 Å². The number of nitrogens with two attached hydrogens (primary N) is 1. The molecular weight excluding hydrogens is 242 g/mol. The maximum Gasteiger partial charge on any atom is 0.0897 e. The molecule has 0 aliphatic heterocycles. The number of nitrogens with zero attached hydrogens (tertiary/aromatic N) is 1. The minimum atomic E-state index is 0.331. The first-order valence-corrected chi connectivity index (χ1v) is 7.83. The van der Waals surface area contributed by atoms with Crippen molar-refractivity contribution in [1.82, 2.24) is 10.3 Å². The minimum absolute atomic E-state index is 0.331. The zero-order chi connectivity index (χ0) is 13.0. The third-order valence-corrected chi connectivity index (χ3v) is 5.06. The van der Waals surface area contributed by atoms with E-state index in [1.807, 2.05) is 0 Å². The van der Waals surface area contributed by atoms with E-state index in [2.05, 4.69) is 29.5 Å². The molecule has 1 fully saturated rings. The van der Waals surface area contributed by atoms with Crippen molar-refractivity contribution in [2.75, 3.05) is 13.1 Å². The minimum Gasteiger partial charge on any atom is -0.330 e. The molecule has 0 bridgehead atoms. The first-order chi connectivity index (χ1) is 8.63. The van der Waals surface area contributed by atoms with Gasteiger partial charge in [-0.3, -0.25) is 0 Å². The van der Waals surface area contributed by atoms with Crippen LogP contribution in [0.5, 0.6) is 0 Å². The molecule has 0 spiro atoms. The van der Waals surface area contributed by atoms with E-state index < -0.39 is 0 Å². The maximum atomic E-state index is 6.01. The Morgan fingerprint density at radius 1 is 1.50 bits per heavy atom. The van der Waals surface area contributed by atoms with Gasteiger partial charge >= 0.3 is 0 Å². The van der Waals surface area contributed by atoms with Crippen LogP contribution < -0.4 is 11.1 Å². The Bertz CT molecular complexity index is 367. The van der Waals surface area contributed by atoms with Crippen molar-refractivity contribution in [3.8, 4) is 0 Å². The van der Waals surface area contributed by atoms with E-state index in [0.29, 0.717) is 5.41 Å². The van der Waals surface area contributed by atoms with Gasteiger partial charge in [-0.2, -0.15) is 0 Å². The second-order valence-corrected chi connectivity index (χ2v) is 6.91. The van der Waals surface area contributed by atoms with Crippen molar-refractivity contribution >= 4 is 11.3 Å². The standard InChI is InChI=1S/C14H25N3S/c1-11-3-5-14(9-15,6-4-11)10-16-7-13-8-18-12(2)17-13/h8,11,16H,3-7,9-10,15H2,1-2H3. The Labute approximate surface area is 114 Å². The first kappa shape index (κ1) is 14.0. The molecule has 3 nitrogen and oxygen atoms in total. The number of hydrogen-bond donors (Lipinski definition) is 2. The summed E-state index contributed by atoms with van der Waals surface area (Å²) in [5.41, 5.74) is 7.51. The molecule has 1 saturated carbocycles. The molecule has 2 rings (SSSR count). The molecule has 3 N–H and O–H groups in total. The number of nitrogens with one attached hydrogen (secondary N) is 1. The Morgan fingerprint density at radius 3 is 2.78 bits per heavy atom. The molecule has 0 aromatic carbocycles. The predicted molar refractivity (Wildman–Crippen MR) is 77.7 cm³/mol. The summed E-state index contributed by atoms with van der Waals surface area (Å²) in [6.07, 6.45) is 5.20. The summed E-state index contributed by atoms with van der Waals surface area (Å²) in [4.78, 5) is 4.48. The van der Waals surface area contributed by atoms with Gasteiger partial charge in [0.25, 0.3) is 0 Å². The van der Waals surface area contributed by atoms with Crippen molar-refractivity contribution in [1.29, 1.82) is 0 Å². The highest BCUT2D eigenvalue weighted by atomic mass is 32.1. The summed E-state index contributed by atoms with van der Waals surface area (Å²) < 4.78 is 0. The lowest BCUT2D eigenvalue weighted by Gasteiger charge is -2.38. The van der Waals surface area contributed by atoms with Crippen molar-refractivity contribution in [2.24, 2.45) is 17.1 Å². The highest BCUT2D eigenvalue weighted by Crippen LogP contribution is 2.37. The van der Waals surface area contributed by atoms with Gasteiger partial charge in [0.15, 0.2) is 0 Å². The highest BCUT2D eigenvalue weighted by molar-refractivity contribution is 7.09. The van der Waals surface area contributed by atoms with Crippen LogP contribution in [-0.4, -0.2) is 18.1 Å². The number of aryl methyl sites for hydroxylation is 1. The van der Waals surface area contributed by atoms with E-state index in [1.165, 1.54) is 25.7 Å².